The number of rotatable bonds is 3. The molecular formula is C13H17N3O5. The fourth-order valence-corrected chi connectivity index (χ4v) is 2.23. The molecule has 1 aromatic heterocycles. The van der Waals surface area contributed by atoms with Crippen LogP contribution in [0.2, 0.25) is 0 Å². The average molecular weight is 295 g/mol. The summed E-state index contributed by atoms with van der Waals surface area (Å²) in [6, 6.07) is 0.493. The van der Waals surface area contributed by atoms with Gasteiger partial charge in [0.2, 0.25) is 5.91 Å². The number of aromatic amines is 1. The van der Waals surface area contributed by atoms with Crippen LogP contribution in [-0.4, -0.2) is 45.0 Å². The molecule has 2 rings (SSSR count). The van der Waals surface area contributed by atoms with Crippen molar-refractivity contribution in [2.45, 2.75) is 38.5 Å². The molecule has 0 aliphatic carbocycles. The normalized spacial score (nSPS) is 20.1. The van der Waals surface area contributed by atoms with Crippen molar-refractivity contribution in [3.8, 4) is 0 Å². The molecule has 1 saturated heterocycles. The molecule has 21 heavy (non-hydrogen) atoms. The van der Waals surface area contributed by atoms with Crippen LogP contribution in [0.3, 0.4) is 0 Å². The van der Waals surface area contributed by atoms with E-state index in [-0.39, 0.29) is 6.54 Å². The zero-order chi connectivity index (χ0) is 15.8. The first-order chi connectivity index (χ1) is 9.69. The van der Waals surface area contributed by atoms with Gasteiger partial charge in [0.15, 0.2) is 0 Å². The molecule has 0 aromatic carbocycles. The van der Waals surface area contributed by atoms with Crippen molar-refractivity contribution in [2.75, 3.05) is 7.05 Å². The Labute approximate surface area is 120 Å². The van der Waals surface area contributed by atoms with E-state index in [9.17, 15) is 19.2 Å². The van der Waals surface area contributed by atoms with E-state index < -0.39 is 34.8 Å². The van der Waals surface area contributed by atoms with Gasteiger partial charge in [-0.2, -0.15) is 0 Å². The van der Waals surface area contributed by atoms with Crippen LogP contribution in [0.4, 0.5) is 0 Å². The van der Waals surface area contributed by atoms with Gasteiger partial charge in [-0.3, -0.25) is 19.1 Å². The lowest BCUT2D eigenvalue weighted by Gasteiger charge is -2.22. The lowest BCUT2D eigenvalue weighted by atomic mass is 10.0. The number of esters is 1. The van der Waals surface area contributed by atoms with Crippen molar-refractivity contribution in [2.24, 2.45) is 0 Å². The summed E-state index contributed by atoms with van der Waals surface area (Å²) in [4.78, 5) is 49.8. The van der Waals surface area contributed by atoms with Crippen LogP contribution in [0.25, 0.3) is 0 Å². The number of carbonyl (C=O) groups is 2. The summed E-state index contributed by atoms with van der Waals surface area (Å²) in [5.74, 6) is -0.867. The summed E-state index contributed by atoms with van der Waals surface area (Å²) in [7, 11) is 1.49. The molecule has 2 heterocycles. The minimum atomic E-state index is -0.668. The van der Waals surface area contributed by atoms with Crippen LogP contribution < -0.4 is 11.2 Å². The number of carbonyl (C=O) groups excluding carboxylic acids is 2. The van der Waals surface area contributed by atoms with Gasteiger partial charge in [0, 0.05) is 25.7 Å². The monoisotopic (exact) mass is 295 g/mol. The van der Waals surface area contributed by atoms with E-state index in [1.165, 1.54) is 18.1 Å². The largest absolute Gasteiger partial charge is 0.458 e. The van der Waals surface area contributed by atoms with E-state index in [0.717, 1.165) is 10.6 Å². The topological polar surface area (TPSA) is 101 Å². The van der Waals surface area contributed by atoms with Gasteiger partial charge in [0.1, 0.15) is 18.2 Å². The van der Waals surface area contributed by atoms with E-state index in [2.05, 4.69) is 4.98 Å². The maximum atomic E-state index is 12.2. The first-order valence-corrected chi connectivity index (χ1v) is 6.48. The second-order valence-electron chi connectivity index (χ2n) is 5.64. The molecule has 1 fully saturated rings. The van der Waals surface area contributed by atoms with E-state index in [4.69, 9.17) is 4.74 Å². The third-order valence-corrected chi connectivity index (χ3v) is 3.40. The molecule has 1 aliphatic heterocycles. The summed E-state index contributed by atoms with van der Waals surface area (Å²) in [6.07, 6.45) is 1.64. The van der Waals surface area contributed by atoms with Crippen LogP contribution in [0.15, 0.2) is 21.9 Å². The highest BCUT2D eigenvalue weighted by atomic mass is 16.6. The fraction of sp³-hybridized carbons (Fsp3) is 0.538. The molecule has 0 saturated carbocycles. The number of hydrogen-bond donors (Lipinski definition) is 1. The van der Waals surface area contributed by atoms with Crippen LogP contribution in [0.5, 0.6) is 0 Å². The highest BCUT2D eigenvalue weighted by molar-refractivity contribution is 5.85. The molecule has 1 atom stereocenters. The van der Waals surface area contributed by atoms with Gasteiger partial charge in [0.25, 0.3) is 5.56 Å². The first-order valence-electron chi connectivity index (χ1n) is 6.48. The third-order valence-electron chi connectivity index (χ3n) is 3.40. The lowest BCUT2D eigenvalue weighted by molar-refractivity contribution is -0.152. The van der Waals surface area contributed by atoms with E-state index in [1.807, 2.05) is 0 Å². The molecule has 0 spiro atoms. The van der Waals surface area contributed by atoms with Crippen LogP contribution in [0.1, 0.15) is 20.3 Å². The number of H-pyrrole nitrogens is 1. The van der Waals surface area contributed by atoms with E-state index in [1.54, 1.807) is 13.8 Å². The van der Waals surface area contributed by atoms with Crippen molar-refractivity contribution < 1.29 is 14.3 Å². The molecular weight excluding hydrogens is 278 g/mol. The fourth-order valence-electron chi connectivity index (χ4n) is 2.23. The van der Waals surface area contributed by atoms with Gasteiger partial charge in [0.05, 0.1) is 0 Å². The maximum absolute atomic E-state index is 12.2. The minimum absolute atomic E-state index is 0.254. The highest BCUT2D eigenvalue weighted by Gasteiger charge is 2.43. The number of cyclic esters (lactones) is 1. The average Bonchev–Trinajstić information content (AvgIpc) is 2.65. The van der Waals surface area contributed by atoms with Crippen LogP contribution >= 0.6 is 0 Å². The molecule has 0 unspecified atom stereocenters. The van der Waals surface area contributed by atoms with Crippen molar-refractivity contribution in [3.63, 3.8) is 0 Å². The highest BCUT2D eigenvalue weighted by Crippen LogP contribution is 2.28. The van der Waals surface area contributed by atoms with Crippen molar-refractivity contribution in [1.82, 2.24) is 14.5 Å². The van der Waals surface area contributed by atoms with Gasteiger partial charge < -0.3 is 9.64 Å². The predicted octanol–water partition coefficient (Wildman–Crippen LogP) is -0.911. The summed E-state index contributed by atoms with van der Waals surface area (Å²) in [6.45, 7) is 3.29. The van der Waals surface area contributed by atoms with Gasteiger partial charge in [-0.1, -0.05) is 0 Å². The summed E-state index contributed by atoms with van der Waals surface area (Å²) >= 11 is 0. The molecule has 8 nitrogen and oxygen atoms in total. The Kier molecular flexibility index (Phi) is 3.71. The quantitative estimate of drug-likeness (QED) is 0.727. The Morgan fingerprint density at radius 1 is 1.48 bits per heavy atom. The van der Waals surface area contributed by atoms with Gasteiger partial charge in [-0.25, -0.2) is 9.59 Å². The molecule has 1 aliphatic rings. The van der Waals surface area contributed by atoms with E-state index in [0.29, 0.717) is 6.42 Å². The lowest BCUT2D eigenvalue weighted by Crippen LogP contribution is -2.43. The number of hydrogen-bond acceptors (Lipinski definition) is 5. The van der Waals surface area contributed by atoms with Crippen LogP contribution in [0, 0.1) is 0 Å². The van der Waals surface area contributed by atoms with Gasteiger partial charge in [-0.15, -0.1) is 0 Å². The second kappa shape index (κ2) is 5.19. The number of likely N-dealkylation sites (N-methyl/N-ethyl adjacent to an activating group) is 1. The van der Waals surface area contributed by atoms with Crippen molar-refractivity contribution in [1.29, 1.82) is 0 Å². The molecule has 1 N–H and O–H groups in total. The first kappa shape index (κ1) is 15.0. The Morgan fingerprint density at radius 3 is 2.67 bits per heavy atom. The standard InChI is InChI=1S/C13H17N3O5/c1-13(2)6-8(11(19)21-13)15(3)10(18)7-16-5-4-9(17)14-12(16)20/h4-5,8H,6-7H2,1-3H3,(H,14,17,20)/t8-/m1/s1. The Hall–Kier alpha value is -2.38. The molecule has 1 amide bonds. The van der Waals surface area contributed by atoms with E-state index >= 15 is 0 Å². The Bertz CT molecular complexity index is 688. The number of amides is 1. The zero-order valence-corrected chi connectivity index (χ0v) is 12.1. The van der Waals surface area contributed by atoms with Gasteiger partial charge in [-0.05, 0) is 13.8 Å². The Morgan fingerprint density at radius 2 is 2.14 bits per heavy atom. The zero-order valence-electron chi connectivity index (χ0n) is 12.1. The predicted molar refractivity (Wildman–Crippen MR) is 72.7 cm³/mol. The summed E-state index contributed by atoms with van der Waals surface area (Å²) in [5, 5.41) is 0. The number of nitrogens with zero attached hydrogens (tertiary/aromatic N) is 2. The smallest absolute Gasteiger partial charge is 0.329 e. The minimum Gasteiger partial charge on any atom is -0.458 e. The molecule has 0 radical (unpaired) electrons. The van der Waals surface area contributed by atoms with Crippen molar-refractivity contribution in [3.05, 3.63) is 33.1 Å². The van der Waals surface area contributed by atoms with Crippen molar-refractivity contribution >= 4 is 11.9 Å². The van der Waals surface area contributed by atoms with Crippen LogP contribution in [-0.2, 0) is 20.9 Å². The molecule has 114 valence electrons. The molecule has 0 bridgehead atoms. The SMILES string of the molecule is CN(C(=O)Cn1ccc(=O)[nH]c1=O)[C@@H]1CC(C)(C)OC1=O. The number of nitrogens with one attached hydrogen (secondary N) is 1. The van der Waals surface area contributed by atoms with Gasteiger partial charge >= 0.3 is 11.7 Å². The number of aromatic nitrogens is 2. The number of ether oxygens (including phenoxy) is 1. The summed E-state index contributed by atoms with van der Waals surface area (Å²) in [5.41, 5.74) is -1.80. The second-order valence-corrected chi connectivity index (χ2v) is 5.64. The molecule has 8 heteroatoms. The summed E-state index contributed by atoms with van der Waals surface area (Å²) < 4.78 is 6.25. The maximum Gasteiger partial charge on any atom is 0.329 e. The molecule has 1 aromatic rings. The Balaban J connectivity index is 2.12. The third kappa shape index (κ3) is 3.21.